The number of piperazine rings is 1. The largest absolute Gasteiger partial charge is 0.364 e. The van der Waals surface area contributed by atoms with Gasteiger partial charge in [0.25, 0.3) is 5.91 Å². The van der Waals surface area contributed by atoms with Crippen LogP contribution in [0.3, 0.4) is 0 Å². The maximum absolute atomic E-state index is 12.4. The molecular formula is C16H25N5O2S. The Balaban J connectivity index is 1.47. The number of hydrogen-bond acceptors (Lipinski definition) is 6. The molecule has 3 rings (SSSR count). The van der Waals surface area contributed by atoms with E-state index in [1.54, 1.807) is 5.38 Å². The minimum atomic E-state index is -0.535. The third-order valence-corrected chi connectivity index (χ3v) is 5.87. The monoisotopic (exact) mass is 351 g/mol. The molecule has 0 unspecified atom stereocenters. The van der Waals surface area contributed by atoms with Crippen molar-refractivity contribution < 1.29 is 9.59 Å². The van der Waals surface area contributed by atoms with Gasteiger partial charge in [0.05, 0.1) is 12.1 Å². The average Bonchev–Trinajstić information content (AvgIpc) is 3.04. The van der Waals surface area contributed by atoms with Crippen molar-refractivity contribution in [3.05, 3.63) is 16.1 Å². The van der Waals surface area contributed by atoms with Crippen LogP contribution >= 0.6 is 11.3 Å². The zero-order chi connectivity index (χ0) is 17.1. The number of amides is 2. The Morgan fingerprint density at radius 1 is 1.21 bits per heavy atom. The molecule has 2 N–H and O–H groups in total. The SMILES string of the molecule is CN1CCN(C2CCN(C(=O)Cc3csc(C(N)=O)n3)CC2)CC1. The Morgan fingerprint density at radius 3 is 2.46 bits per heavy atom. The first-order valence-corrected chi connectivity index (χ1v) is 9.35. The van der Waals surface area contributed by atoms with E-state index in [9.17, 15) is 9.59 Å². The molecule has 1 aromatic rings. The van der Waals surface area contributed by atoms with E-state index in [2.05, 4.69) is 21.8 Å². The molecular weight excluding hydrogens is 326 g/mol. The van der Waals surface area contributed by atoms with E-state index in [0.717, 1.165) is 52.1 Å². The van der Waals surface area contributed by atoms with Gasteiger partial charge in [-0.15, -0.1) is 11.3 Å². The van der Waals surface area contributed by atoms with E-state index in [1.165, 1.54) is 11.3 Å². The molecule has 8 heteroatoms. The van der Waals surface area contributed by atoms with Crippen LogP contribution in [0.2, 0.25) is 0 Å². The third-order valence-electron chi connectivity index (χ3n) is 4.97. The lowest BCUT2D eigenvalue weighted by Gasteiger charge is -2.42. The Hall–Kier alpha value is -1.51. The van der Waals surface area contributed by atoms with E-state index in [4.69, 9.17) is 5.73 Å². The van der Waals surface area contributed by atoms with Crippen molar-refractivity contribution >= 4 is 23.2 Å². The molecule has 132 valence electrons. The van der Waals surface area contributed by atoms with Crippen molar-refractivity contribution in [3.63, 3.8) is 0 Å². The fourth-order valence-corrected chi connectivity index (χ4v) is 4.11. The van der Waals surface area contributed by atoms with E-state index < -0.39 is 5.91 Å². The Kier molecular flexibility index (Phi) is 5.47. The number of rotatable bonds is 4. The number of thiazole rings is 1. The van der Waals surface area contributed by atoms with Crippen LogP contribution in [0, 0.1) is 0 Å². The highest BCUT2D eigenvalue weighted by Crippen LogP contribution is 2.19. The summed E-state index contributed by atoms with van der Waals surface area (Å²) in [6.07, 6.45) is 2.33. The van der Waals surface area contributed by atoms with E-state index in [-0.39, 0.29) is 17.3 Å². The smallest absolute Gasteiger partial charge is 0.277 e. The Bertz CT molecular complexity index is 589. The number of primary amides is 1. The van der Waals surface area contributed by atoms with Crippen molar-refractivity contribution in [2.24, 2.45) is 5.73 Å². The fraction of sp³-hybridized carbons (Fsp3) is 0.688. The second-order valence-corrected chi connectivity index (χ2v) is 7.49. The zero-order valence-electron chi connectivity index (χ0n) is 14.1. The van der Waals surface area contributed by atoms with Crippen molar-refractivity contribution in [3.8, 4) is 0 Å². The molecule has 2 fully saturated rings. The van der Waals surface area contributed by atoms with Gasteiger partial charge in [0.15, 0.2) is 5.01 Å². The van der Waals surface area contributed by atoms with Gasteiger partial charge in [-0.25, -0.2) is 4.98 Å². The molecule has 1 aromatic heterocycles. The van der Waals surface area contributed by atoms with Crippen LogP contribution in [0.15, 0.2) is 5.38 Å². The molecule has 0 aliphatic carbocycles. The molecule has 24 heavy (non-hydrogen) atoms. The highest BCUT2D eigenvalue weighted by molar-refractivity contribution is 7.11. The van der Waals surface area contributed by atoms with Crippen LogP contribution in [0.25, 0.3) is 0 Å². The molecule has 0 saturated carbocycles. The summed E-state index contributed by atoms with van der Waals surface area (Å²) in [7, 11) is 2.17. The molecule has 0 atom stereocenters. The standard InChI is InChI=1S/C16H25N5O2S/c1-19-6-8-20(9-7-19)13-2-4-21(5-3-13)14(22)10-12-11-24-16(18-12)15(17)23/h11,13H,2-10H2,1H3,(H2,17,23). The van der Waals surface area contributed by atoms with Crippen molar-refractivity contribution in [2.45, 2.75) is 25.3 Å². The normalized spacial score (nSPS) is 21.1. The van der Waals surface area contributed by atoms with Gasteiger partial charge in [0.1, 0.15) is 0 Å². The summed E-state index contributed by atoms with van der Waals surface area (Å²) in [5.74, 6) is -0.445. The topological polar surface area (TPSA) is 82.8 Å². The number of piperidine rings is 1. The van der Waals surface area contributed by atoms with E-state index >= 15 is 0 Å². The highest BCUT2D eigenvalue weighted by Gasteiger charge is 2.28. The van der Waals surface area contributed by atoms with Gasteiger partial charge in [-0.3, -0.25) is 14.5 Å². The lowest BCUT2D eigenvalue weighted by molar-refractivity contribution is -0.132. The Morgan fingerprint density at radius 2 is 1.88 bits per heavy atom. The second kappa shape index (κ2) is 7.58. The minimum absolute atomic E-state index is 0.0909. The zero-order valence-corrected chi connectivity index (χ0v) is 14.9. The summed E-state index contributed by atoms with van der Waals surface area (Å²) in [5.41, 5.74) is 5.84. The molecule has 2 amide bonds. The number of likely N-dealkylation sites (N-methyl/N-ethyl adjacent to an activating group) is 1. The van der Waals surface area contributed by atoms with Crippen LogP contribution in [0.5, 0.6) is 0 Å². The first-order chi connectivity index (χ1) is 11.5. The predicted molar refractivity (Wildman–Crippen MR) is 93.0 cm³/mol. The lowest BCUT2D eigenvalue weighted by atomic mass is 10.0. The average molecular weight is 351 g/mol. The number of aromatic nitrogens is 1. The summed E-state index contributed by atoms with van der Waals surface area (Å²) in [6, 6.07) is 0.600. The van der Waals surface area contributed by atoms with E-state index in [1.807, 2.05) is 4.90 Å². The number of likely N-dealkylation sites (tertiary alicyclic amines) is 1. The van der Waals surface area contributed by atoms with Gasteiger partial charge in [0.2, 0.25) is 5.91 Å². The van der Waals surface area contributed by atoms with Crippen molar-refractivity contribution in [1.29, 1.82) is 0 Å². The van der Waals surface area contributed by atoms with Gasteiger partial charge >= 0.3 is 0 Å². The van der Waals surface area contributed by atoms with Gasteiger partial charge in [-0.05, 0) is 19.9 Å². The first kappa shape index (κ1) is 17.3. The van der Waals surface area contributed by atoms with Gasteiger partial charge in [0, 0.05) is 50.7 Å². The van der Waals surface area contributed by atoms with Gasteiger partial charge in [-0.2, -0.15) is 0 Å². The number of carbonyl (C=O) groups is 2. The van der Waals surface area contributed by atoms with Gasteiger partial charge in [-0.1, -0.05) is 0 Å². The van der Waals surface area contributed by atoms with E-state index in [0.29, 0.717) is 11.7 Å². The molecule has 0 bridgehead atoms. The fourth-order valence-electron chi connectivity index (χ4n) is 3.44. The van der Waals surface area contributed by atoms with Crippen LogP contribution in [-0.2, 0) is 11.2 Å². The maximum atomic E-state index is 12.4. The lowest BCUT2D eigenvalue weighted by Crippen LogP contribution is -2.53. The van der Waals surface area contributed by atoms with Crippen LogP contribution in [0.1, 0.15) is 28.3 Å². The molecule has 0 spiro atoms. The van der Waals surface area contributed by atoms with Crippen molar-refractivity contribution in [2.75, 3.05) is 46.3 Å². The molecule has 0 radical (unpaired) electrons. The summed E-state index contributed by atoms with van der Waals surface area (Å²) >= 11 is 1.20. The Labute approximate surface area is 146 Å². The minimum Gasteiger partial charge on any atom is -0.364 e. The summed E-state index contributed by atoms with van der Waals surface area (Å²) < 4.78 is 0. The molecule has 2 aliphatic heterocycles. The quantitative estimate of drug-likeness (QED) is 0.827. The van der Waals surface area contributed by atoms with Crippen LogP contribution in [0.4, 0.5) is 0 Å². The number of hydrogen-bond donors (Lipinski definition) is 1. The maximum Gasteiger partial charge on any atom is 0.277 e. The van der Waals surface area contributed by atoms with Crippen molar-refractivity contribution in [1.82, 2.24) is 19.7 Å². The molecule has 3 heterocycles. The summed E-state index contributed by atoms with van der Waals surface area (Å²) in [4.78, 5) is 34.5. The van der Waals surface area contributed by atoms with Crippen LogP contribution < -0.4 is 5.73 Å². The molecule has 2 saturated heterocycles. The number of nitrogens with zero attached hydrogens (tertiary/aromatic N) is 4. The second-order valence-electron chi connectivity index (χ2n) is 6.64. The third kappa shape index (κ3) is 4.12. The summed E-state index contributed by atoms with van der Waals surface area (Å²) in [6.45, 7) is 6.13. The summed E-state index contributed by atoms with van der Waals surface area (Å²) in [5, 5.41) is 2.01. The highest BCUT2D eigenvalue weighted by atomic mass is 32.1. The van der Waals surface area contributed by atoms with Crippen LogP contribution in [-0.4, -0.2) is 83.9 Å². The molecule has 0 aromatic carbocycles. The number of nitrogens with two attached hydrogens (primary N) is 1. The molecule has 2 aliphatic rings. The van der Waals surface area contributed by atoms with Gasteiger partial charge < -0.3 is 15.5 Å². The number of carbonyl (C=O) groups excluding carboxylic acids is 2. The molecule has 7 nitrogen and oxygen atoms in total. The predicted octanol–water partition coefficient (Wildman–Crippen LogP) is 0.0229. The first-order valence-electron chi connectivity index (χ1n) is 8.47.